The normalized spacial score (nSPS) is 10.4. The lowest BCUT2D eigenvalue weighted by Crippen LogP contribution is -2.13. The first-order valence-corrected chi connectivity index (χ1v) is 6.74. The summed E-state index contributed by atoms with van der Waals surface area (Å²) < 4.78 is 6.77. The van der Waals surface area contributed by atoms with Crippen molar-refractivity contribution in [2.24, 2.45) is 0 Å². The first-order valence-electron chi connectivity index (χ1n) is 6.36. The standard InChI is InChI=1S/C14H14ClN3O2/c1-2-3-6-20-12(19)9-18-5-4-11-13(15)10(7-16)8-17-14(11)18/h4-5,8H,2-3,6,9H2,1H3. The second kappa shape index (κ2) is 6.40. The average molecular weight is 292 g/mol. The highest BCUT2D eigenvalue weighted by molar-refractivity contribution is 6.36. The fourth-order valence-corrected chi connectivity index (χ4v) is 2.07. The molecule has 0 radical (unpaired) electrons. The Morgan fingerprint density at radius 3 is 3.10 bits per heavy atom. The molecule has 0 saturated heterocycles. The molecule has 5 nitrogen and oxygen atoms in total. The lowest BCUT2D eigenvalue weighted by atomic mass is 10.2. The van der Waals surface area contributed by atoms with Crippen molar-refractivity contribution in [2.75, 3.05) is 6.61 Å². The molecule has 0 amide bonds. The monoisotopic (exact) mass is 291 g/mol. The Hall–Kier alpha value is -2.06. The quantitative estimate of drug-likeness (QED) is 0.627. The van der Waals surface area contributed by atoms with E-state index in [-0.39, 0.29) is 12.5 Å². The molecule has 0 saturated carbocycles. The van der Waals surface area contributed by atoms with Crippen molar-refractivity contribution in [2.45, 2.75) is 26.3 Å². The van der Waals surface area contributed by atoms with Gasteiger partial charge in [0.25, 0.3) is 0 Å². The van der Waals surface area contributed by atoms with E-state index in [1.165, 1.54) is 6.20 Å². The van der Waals surface area contributed by atoms with Crippen molar-refractivity contribution >= 4 is 28.6 Å². The molecule has 0 aliphatic carbocycles. The molecule has 20 heavy (non-hydrogen) atoms. The number of rotatable bonds is 5. The number of unbranched alkanes of at least 4 members (excludes halogenated alkanes) is 1. The van der Waals surface area contributed by atoms with Gasteiger partial charge >= 0.3 is 5.97 Å². The number of pyridine rings is 1. The number of ether oxygens (including phenoxy) is 1. The summed E-state index contributed by atoms with van der Waals surface area (Å²) in [6.07, 6.45) is 4.96. The number of nitrogens with zero attached hydrogens (tertiary/aromatic N) is 3. The van der Waals surface area contributed by atoms with Crippen LogP contribution in [0, 0.1) is 11.3 Å². The van der Waals surface area contributed by atoms with Crippen molar-refractivity contribution in [1.29, 1.82) is 5.26 Å². The van der Waals surface area contributed by atoms with Gasteiger partial charge in [-0.1, -0.05) is 24.9 Å². The van der Waals surface area contributed by atoms with Gasteiger partial charge in [-0.25, -0.2) is 4.98 Å². The van der Waals surface area contributed by atoms with E-state index < -0.39 is 0 Å². The predicted molar refractivity (Wildman–Crippen MR) is 75.3 cm³/mol. The van der Waals surface area contributed by atoms with Crippen LogP contribution in [-0.2, 0) is 16.1 Å². The number of hydrogen-bond donors (Lipinski definition) is 0. The van der Waals surface area contributed by atoms with Gasteiger partial charge in [-0.2, -0.15) is 5.26 Å². The largest absolute Gasteiger partial charge is 0.464 e. The first-order chi connectivity index (χ1) is 9.67. The maximum Gasteiger partial charge on any atom is 0.326 e. The number of hydrogen-bond acceptors (Lipinski definition) is 4. The van der Waals surface area contributed by atoms with Crippen LogP contribution in [0.3, 0.4) is 0 Å². The van der Waals surface area contributed by atoms with Gasteiger partial charge in [0, 0.05) is 17.8 Å². The van der Waals surface area contributed by atoms with Gasteiger partial charge in [-0.3, -0.25) is 4.79 Å². The van der Waals surface area contributed by atoms with Crippen molar-refractivity contribution in [3.63, 3.8) is 0 Å². The van der Waals surface area contributed by atoms with Gasteiger partial charge in [-0.05, 0) is 12.5 Å². The fraction of sp³-hybridized carbons (Fsp3) is 0.357. The SMILES string of the molecule is CCCCOC(=O)Cn1ccc2c(Cl)c(C#N)cnc21. The zero-order valence-corrected chi connectivity index (χ0v) is 11.9. The Balaban J connectivity index is 2.18. The topological polar surface area (TPSA) is 67.9 Å². The molecule has 0 fully saturated rings. The van der Waals surface area contributed by atoms with Gasteiger partial charge in [0.1, 0.15) is 18.3 Å². The molecule has 0 spiro atoms. The van der Waals surface area contributed by atoms with E-state index in [4.69, 9.17) is 21.6 Å². The molecule has 0 aromatic carbocycles. The second-order valence-electron chi connectivity index (χ2n) is 4.35. The zero-order valence-electron chi connectivity index (χ0n) is 11.1. The molecular formula is C14H14ClN3O2. The molecule has 0 N–H and O–H groups in total. The minimum absolute atomic E-state index is 0.0858. The van der Waals surface area contributed by atoms with Crippen LogP contribution in [0.2, 0.25) is 5.02 Å². The number of carbonyl (C=O) groups excluding carboxylic acids is 1. The van der Waals surface area contributed by atoms with Crippen LogP contribution in [0.5, 0.6) is 0 Å². The third-order valence-electron chi connectivity index (χ3n) is 2.90. The van der Waals surface area contributed by atoms with Crippen LogP contribution >= 0.6 is 11.6 Å². The molecule has 2 heterocycles. The number of fused-ring (bicyclic) bond motifs is 1. The van der Waals surface area contributed by atoms with Crippen LogP contribution in [0.15, 0.2) is 18.5 Å². The smallest absolute Gasteiger partial charge is 0.326 e. The summed E-state index contributed by atoms with van der Waals surface area (Å²) in [7, 11) is 0. The zero-order chi connectivity index (χ0) is 14.5. The van der Waals surface area contributed by atoms with E-state index in [0.717, 1.165) is 12.8 Å². The molecule has 2 rings (SSSR count). The number of halogens is 1. The van der Waals surface area contributed by atoms with Gasteiger partial charge in [0.05, 0.1) is 17.2 Å². The molecule has 2 aromatic rings. The molecule has 0 aliphatic rings. The maximum absolute atomic E-state index is 11.7. The molecule has 0 bridgehead atoms. The highest BCUT2D eigenvalue weighted by Crippen LogP contribution is 2.25. The predicted octanol–water partition coefficient (Wildman–Crippen LogP) is 2.90. The Bertz CT molecular complexity index is 673. The van der Waals surface area contributed by atoms with Gasteiger partial charge in [0.15, 0.2) is 0 Å². The molecular weight excluding hydrogens is 278 g/mol. The van der Waals surface area contributed by atoms with Crippen LogP contribution in [0.4, 0.5) is 0 Å². The molecule has 0 atom stereocenters. The lowest BCUT2D eigenvalue weighted by molar-refractivity contribution is -0.144. The van der Waals surface area contributed by atoms with Gasteiger partial charge in [0.2, 0.25) is 0 Å². The minimum atomic E-state index is -0.307. The van der Waals surface area contributed by atoms with E-state index in [1.54, 1.807) is 16.8 Å². The lowest BCUT2D eigenvalue weighted by Gasteiger charge is -2.06. The van der Waals surface area contributed by atoms with Crippen LogP contribution in [-0.4, -0.2) is 22.1 Å². The van der Waals surface area contributed by atoms with Crippen molar-refractivity contribution in [3.05, 3.63) is 29.0 Å². The average Bonchev–Trinajstić information content (AvgIpc) is 2.83. The third kappa shape index (κ3) is 2.91. The van der Waals surface area contributed by atoms with E-state index in [1.807, 2.05) is 13.0 Å². The molecule has 0 aliphatic heterocycles. The van der Waals surface area contributed by atoms with Gasteiger partial charge < -0.3 is 9.30 Å². The number of aromatic nitrogens is 2. The highest BCUT2D eigenvalue weighted by Gasteiger charge is 2.12. The Kier molecular flexibility index (Phi) is 4.59. The highest BCUT2D eigenvalue weighted by atomic mass is 35.5. The molecule has 2 aromatic heterocycles. The van der Waals surface area contributed by atoms with E-state index in [9.17, 15) is 4.79 Å². The minimum Gasteiger partial charge on any atom is -0.464 e. The summed E-state index contributed by atoms with van der Waals surface area (Å²) in [5, 5.41) is 9.91. The Labute approximate surface area is 121 Å². The van der Waals surface area contributed by atoms with E-state index in [0.29, 0.717) is 28.2 Å². The summed E-state index contributed by atoms with van der Waals surface area (Å²) in [6, 6.07) is 3.72. The Morgan fingerprint density at radius 1 is 1.60 bits per heavy atom. The van der Waals surface area contributed by atoms with Crippen LogP contribution in [0.1, 0.15) is 25.3 Å². The summed E-state index contributed by atoms with van der Waals surface area (Å²) >= 11 is 6.10. The van der Waals surface area contributed by atoms with Crippen molar-refractivity contribution < 1.29 is 9.53 Å². The summed E-state index contributed by atoms with van der Waals surface area (Å²) in [5.41, 5.74) is 0.892. The number of esters is 1. The van der Waals surface area contributed by atoms with Gasteiger partial charge in [-0.15, -0.1) is 0 Å². The van der Waals surface area contributed by atoms with Crippen LogP contribution in [0.25, 0.3) is 11.0 Å². The fourth-order valence-electron chi connectivity index (χ4n) is 1.83. The number of carbonyl (C=O) groups is 1. The van der Waals surface area contributed by atoms with E-state index >= 15 is 0 Å². The third-order valence-corrected chi connectivity index (χ3v) is 3.31. The van der Waals surface area contributed by atoms with Crippen LogP contribution < -0.4 is 0 Å². The van der Waals surface area contributed by atoms with Crippen molar-refractivity contribution in [3.8, 4) is 6.07 Å². The summed E-state index contributed by atoms with van der Waals surface area (Å²) in [6.45, 7) is 2.55. The molecule has 6 heteroatoms. The molecule has 104 valence electrons. The van der Waals surface area contributed by atoms with Crippen molar-refractivity contribution in [1.82, 2.24) is 9.55 Å². The summed E-state index contributed by atoms with van der Waals surface area (Å²) in [4.78, 5) is 15.9. The Morgan fingerprint density at radius 2 is 2.40 bits per heavy atom. The van der Waals surface area contributed by atoms with E-state index in [2.05, 4.69) is 4.98 Å². The first kappa shape index (κ1) is 14.4. The molecule has 0 unspecified atom stereocenters. The maximum atomic E-state index is 11.7. The second-order valence-corrected chi connectivity index (χ2v) is 4.73. The number of nitriles is 1. The summed E-state index contributed by atoms with van der Waals surface area (Å²) in [5.74, 6) is -0.307.